The first-order valence-corrected chi connectivity index (χ1v) is 16.6. The van der Waals surface area contributed by atoms with Crippen LogP contribution in [0.1, 0.15) is 25.0 Å². The number of fused-ring (bicyclic) bond motifs is 9. The molecule has 0 unspecified atom stereocenters. The molecule has 9 aromatic rings. The summed E-state index contributed by atoms with van der Waals surface area (Å²) in [4.78, 5) is 2.38. The largest absolute Gasteiger partial charge is 0.456 e. The van der Waals surface area contributed by atoms with Crippen LogP contribution in [0.4, 0.5) is 17.1 Å². The lowest BCUT2D eigenvalue weighted by Crippen LogP contribution is -2.15. The van der Waals surface area contributed by atoms with E-state index < -0.39 is 0 Å². The molecule has 0 N–H and O–H groups in total. The van der Waals surface area contributed by atoms with Crippen molar-refractivity contribution in [2.24, 2.45) is 0 Å². The van der Waals surface area contributed by atoms with Crippen molar-refractivity contribution in [3.8, 4) is 16.8 Å². The molecule has 0 amide bonds. The number of benzene rings is 7. The van der Waals surface area contributed by atoms with Crippen molar-refractivity contribution in [1.29, 1.82) is 0 Å². The first kappa shape index (κ1) is 27.1. The maximum Gasteiger partial charge on any atom is 0.137 e. The Labute approximate surface area is 278 Å². The minimum absolute atomic E-state index is 0.0575. The van der Waals surface area contributed by atoms with Gasteiger partial charge in [-0.15, -0.1) is 0 Å². The van der Waals surface area contributed by atoms with Crippen molar-refractivity contribution in [1.82, 2.24) is 4.57 Å². The van der Waals surface area contributed by atoms with E-state index in [1.165, 1.54) is 44.1 Å². The van der Waals surface area contributed by atoms with Crippen LogP contribution in [0.15, 0.2) is 162 Å². The van der Waals surface area contributed by atoms with Crippen molar-refractivity contribution in [2.75, 3.05) is 4.90 Å². The van der Waals surface area contributed by atoms with E-state index in [1.54, 1.807) is 0 Å². The van der Waals surface area contributed by atoms with Gasteiger partial charge in [0.2, 0.25) is 0 Å². The summed E-state index contributed by atoms with van der Waals surface area (Å²) in [6, 6.07) is 57.0. The van der Waals surface area contributed by atoms with Crippen LogP contribution >= 0.6 is 0 Å². The van der Waals surface area contributed by atoms with Crippen LogP contribution in [0.3, 0.4) is 0 Å². The maximum atomic E-state index is 6.42. The molecule has 0 saturated heterocycles. The van der Waals surface area contributed by atoms with Gasteiger partial charge in [-0.3, -0.25) is 0 Å². The first-order valence-electron chi connectivity index (χ1n) is 16.6. The van der Waals surface area contributed by atoms with E-state index in [-0.39, 0.29) is 5.41 Å². The van der Waals surface area contributed by atoms with Crippen LogP contribution in [0, 0.1) is 0 Å². The van der Waals surface area contributed by atoms with E-state index in [9.17, 15) is 0 Å². The smallest absolute Gasteiger partial charge is 0.137 e. The third-order valence-electron chi connectivity index (χ3n) is 10.4. The number of para-hydroxylation sites is 3. The van der Waals surface area contributed by atoms with Crippen LogP contribution in [-0.2, 0) is 5.41 Å². The molecule has 1 aliphatic rings. The molecule has 2 aromatic heterocycles. The van der Waals surface area contributed by atoms with E-state index in [0.717, 1.165) is 44.7 Å². The zero-order valence-corrected chi connectivity index (χ0v) is 26.8. The number of anilines is 3. The van der Waals surface area contributed by atoms with Crippen molar-refractivity contribution in [3.63, 3.8) is 0 Å². The summed E-state index contributed by atoms with van der Waals surface area (Å²) in [6.07, 6.45) is 0. The highest BCUT2D eigenvalue weighted by atomic mass is 16.3. The van der Waals surface area contributed by atoms with Crippen LogP contribution in [-0.4, -0.2) is 4.57 Å². The normalized spacial score (nSPS) is 13.4. The van der Waals surface area contributed by atoms with Crippen molar-refractivity contribution < 1.29 is 4.42 Å². The quantitative estimate of drug-likeness (QED) is 0.196. The average molecular weight is 617 g/mol. The molecule has 0 atom stereocenters. The first-order chi connectivity index (χ1) is 23.6. The fraction of sp³-hybridized carbons (Fsp3) is 0.0667. The molecule has 0 aliphatic heterocycles. The topological polar surface area (TPSA) is 21.3 Å². The summed E-state index contributed by atoms with van der Waals surface area (Å²) in [7, 11) is 0. The Hall–Kier alpha value is -6.06. The summed E-state index contributed by atoms with van der Waals surface area (Å²) >= 11 is 0. The third-order valence-corrected chi connectivity index (χ3v) is 10.4. The fourth-order valence-corrected chi connectivity index (χ4v) is 8.10. The second-order valence-corrected chi connectivity index (χ2v) is 13.4. The molecule has 48 heavy (non-hydrogen) atoms. The highest BCUT2D eigenvalue weighted by Crippen LogP contribution is 2.51. The fourth-order valence-electron chi connectivity index (χ4n) is 8.10. The van der Waals surface area contributed by atoms with Crippen molar-refractivity contribution >= 4 is 60.8 Å². The standard InChI is InChI=1S/C45H32N2O/c1-45(2)39-17-9-6-14-33(39)38-26-30(22-25-40(38)45)46(32-21-24-37-36-16-8-11-19-43(36)48-44(37)28-32)31-20-23-35-34-15-7-10-18-41(34)47(42(35)27-31)29-12-4-3-5-13-29/h3-28H,1-2H3. The molecule has 228 valence electrons. The lowest BCUT2D eigenvalue weighted by molar-refractivity contribution is 0.660. The number of hydrogen-bond acceptors (Lipinski definition) is 2. The lowest BCUT2D eigenvalue weighted by Gasteiger charge is -2.27. The number of aromatic nitrogens is 1. The van der Waals surface area contributed by atoms with E-state index >= 15 is 0 Å². The molecule has 1 aliphatic carbocycles. The number of furan rings is 1. The predicted octanol–water partition coefficient (Wildman–Crippen LogP) is 12.5. The number of hydrogen-bond donors (Lipinski definition) is 0. The molecule has 0 saturated carbocycles. The Balaban J connectivity index is 1.24. The molecule has 0 radical (unpaired) electrons. The Bertz CT molecular complexity index is 2710. The van der Waals surface area contributed by atoms with E-state index in [0.29, 0.717) is 0 Å². The van der Waals surface area contributed by atoms with Gasteiger partial charge in [0.05, 0.1) is 11.0 Å². The van der Waals surface area contributed by atoms with Crippen LogP contribution in [0.2, 0.25) is 0 Å². The van der Waals surface area contributed by atoms with Gasteiger partial charge >= 0.3 is 0 Å². The van der Waals surface area contributed by atoms with Gasteiger partial charge in [0, 0.05) is 55.8 Å². The predicted molar refractivity (Wildman–Crippen MR) is 200 cm³/mol. The maximum absolute atomic E-state index is 6.42. The summed E-state index contributed by atoms with van der Waals surface area (Å²) in [5.41, 5.74) is 13.8. The minimum atomic E-state index is -0.0575. The second-order valence-electron chi connectivity index (χ2n) is 13.4. The molecule has 0 fully saturated rings. The van der Waals surface area contributed by atoms with Gasteiger partial charge in [-0.05, 0) is 82.9 Å². The SMILES string of the molecule is CC1(C)c2ccccc2-c2cc(N(c3ccc4c(c3)oc3ccccc34)c3ccc4c5ccccc5n(-c5ccccc5)c4c3)ccc21. The molecular weight excluding hydrogens is 585 g/mol. The van der Waals surface area contributed by atoms with E-state index in [1.807, 2.05) is 12.1 Å². The highest BCUT2D eigenvalue weighted by Gasteiger charge is 2.35. The van der Waals surface area contributed by atoms with Gasteiger partial charge in [-0.2, -0.15) is 0 Å². The summed E-state index contributed by atoms with van der Waals surface area (Å²) in [5.74, 6) is 0. The Morgan fingerprint density at radius 3 is 1.94 bits per heavy atom. The van der Waals surface area contributed by atoms with Gasteiger partial charge in [-0.25, -0.2) is 0 Å². The molecule has 0 spiro atoms. The molecule has 0 bridgehead atoms. The highest BCUT2D eigenvalue weighted by molar-refractivity contribution is 6.11. The molecule has 10 rings (SSSR count). The third kappa shape index (κ3) is 3.82. The van der Waals surface area contributed by atoms with Gasteiger partial charge in [-0.1, -0.05) is 105 Å². The zero-order valence-electron chi connectivity index (χ0n) is 26.8. The van der Waals surface area contributed by atoms with Crippen molar-refractivity contribution in [3.05, 3.63) is 169 Å². The second kappa shape index (κ2) is 9.97. The van der Waals surface area contributed by atoms with Gasteiger partial charge < -0.3 is 13.9 Å². The number of nitrogens with zero attached hydrogens (tertiary/aromatic N) is 2. The van der Waals surface area contributed by atoms with Gasteiger partial charge in [0.1, 0.15) is 11.2 Å². The summed E-state index contributed by atoms with van der Waals surface area (Å²) in [5, 5.41) is 4.74. The van der Waals surface area contributed by atoms with Crippen LogP contribution in [0.25, 0.3) is 60.6 Å². The zero-order chi connectivity index (χ0) is 32.0. The van der Waals surface area contributed by atoms with E-state index in [2.05, 4.69) is 169 Å². The summed E-state index contributed by atoms with van der Waals surface area (Å²) < 4.78 is 8.80. The Morgan fingerprint density at radius 2 is 1.06 bits per heavy atom. The monoisotopic (exact) mass is 616 g/mol. The molecule has 7 aromatic carbocycles. The lowest BCUT2D eigenvalue weighted by atomic mass is 9.82. The Morgan fingerprint density at radius 1 is 0.458 bits per heavy atom. The van der Waals surface area contributed by atoms with Crippen molar-refractivity contribution in [2.45, 2.75) is 19.3 Å². The Kier molecular flexibility index (Phi) is 5.63. The molecule has 2 heterocycles. The molecule has 3 nitrogen and oxygen atoms in total. The van der Waals surface area contributed by atoms with Crippen LogP contribution < -0.4 is 4.90 Å². The van der Waals surface area contributed by atoms with Crippen LogP contribution in [0.5, 0.6) is 0 Å². The molecule has 3 heteroatoms. The van der Waals surface area contributed by atoms with E-state index in [4.69, 9.17) is 4.42 Å². The summed E-state index contributed by atoms with van der Waals surface area (Å²) in [6.45, 7) is 4.67. The molecular formula is C45H32N2O. The van der Waals surface area contributed by atoms with Gasteiger partial charge in [0.25, 0.3) is 0 Å². The average Bonchev–Trinajstić information content (AvgIpc) is 3.74. The number of rotatable bonds is 4. The van der Waals surface area contributed by atoms with Gasteiger partial charge in [0.15, 0.2) is 0 Å². The minimum Gasteiger partial charge on any atom is -0.456 e.